The molecule has 0 aromatic rings. The van der Waals surface area contributed by atoms with Gasteiger partial charge in [-0.05, 0) is 40.0 Å². The standard InChI is InChI=1S/C59H111N6O20P/c1-7-9-11-13-15-17-19-21-23-25-27-29-31-33-49(69)82-47(41-80-86(78,85-77)79-38-37-60)54(84-50(70)34-32-30-28-26-24-22-20-18-16-14-12-10-8-2)59(6,62)58(76)64-45(55(61)72)35-36-48(68)65(43(4)56(73)74)39-42(3)81-53-51(63-44(5)67)57(75)83-46(40-66)52(53)71/h42-43,45-47,51-54,57,66,71,75,77H,7-41,60,62H2,1-6H3,(H2,61,72)(H,63,67)(H,64,76)(H,73,74)/t42?,43-,45+,46+,47-,51+,52+,53+,54?,57-,59+,86?/m0/s1. The largest absolute Gasteiger partial charge is 0.502 e. The van der Waals surface area contributed by atoms with Crippen molar-refractivity contribution in [3.8, 4) is 0 Å². The van der Waals surface area contributed by atoms with Gasteiger partial charge < -0.3 is 72.1 Å². The SMILES string of the molecule is CCCCCCCCCCCCCCCC(=O)OC([C@H](COP(=O)(OO)OCCN)OC(=O)CCCCCCCCCCCCCCC)[C@@](C)(N)C(=O)N[C@H](CCC(=O)N(CC(C)O[C@H]1[C@H](O)[C@@H](CO)O[C@H](O)[C@@H]1NC(C)=O)[C@@H](C)C(=O)O)C(N)=O. The number of ether oxygens (including phenoxy) is 4. The number of carboxylic acid groups (broad SMARTS) is 1. The Morgan fingerprint density at radius 1 is 0.721 bits per heavy atom. The molecule has 86 heavy (non-hydrogen) atoms. The highest BCUT2D eigenvalue weighted by atomic mass is 31.2. The van der Waals surface area contributed by atoms with Gasteiger partial charge in [-0.2, -0.15) is 0 Å². The number of amides is 4. The quantitative estimate of drug-likeness (QED) is 0.0102. The molecule has 1 fully saturated rings. The van der Waals surface area contributed by atoms with Crippen molar-refractivity contribution < 1.29 is 96.5 Å². The third-order valence-corrected chi connectivity index (χ3v) is 16.5. The number of esters is 2. The number of phosphoric acid groups is 1. The van der Waals surface area contributed by atoms with Crippen molar-refractivity contribution in [2.45, 2.75) is 301 Å². The highest BCUT2D eigenvalue weighted by molar-refractivity contribution is 7.48. The third-order valence-electron chi connectivity index (χ3n) is 15.3. The molecule has 4 amide bonds. The van der Waals surface area contributed by atoms with Gasteiger partial charge in [-0.15, -0.1) is 4.67 Å². The molecule has 12 atom stereocenters. The van der Waals surface area contributed by atoms with Crippen LogP contribution < -0.4 is 27.8 Å². The zero-order chi connectivity index (χ0) is 64.5. The first-order valence-electron chi connectivity index (χ1n) is 31.7. The molecule has 1 saturated heterocycles. The van der Waals surface area contributed by atoms with Crippen LogP contribution in [0.4, 0.5) is 0 Å². The first-order chi connectivity index (χ1) is 40.9. The molecule has 1 aliphatic rings. The molecule has 0 spiro atoms. The molecule has 1 rings (SSSR count). The Bertz CT molecular complexity index is 1980. The average molecular weight is 1260 g/mol. The van der Waals surface area contributed by atoms with Gasteiger partial charge in [0.1, 0.15) is 42.0 Å². The first-order valence-corrected chi connectivity index (χ1v) is 33.2. The van der Waals surface area contributed by atoms with E-state index in [1.807, 2.05) is 0 Å². The van der Waals surface area contributed by atoms with Crippen molar-refractivity contribution in [3.63, 3.8) is 0 Å². The third kappa shape index (κ3) is 33.1. The monoisotopic (exact) mass is 1250 g/mol. The second kappa shape index (κ2) is 46.2. The molecular formula is C59H111N6O20P. The van der Waals surface area contributed by atoms with E-state index in [0.717, 1.165) is 76.5 Å². The predicted molar refractivity (Wildman–Crippen MR) is 320 cm³/mol. The summed E-state index contributed by atoms with van der Waals surface area (Å²) in [5.74, 6) is -7.08. The van der Waals surface area contributed by atoms with E-state index in [4.69, 9.17) is 45.2 Å². The summed E-state index contributed by atoms with van der Waals surface area (Å²) >= 11 is 0. The second-order valence-electron chi connectivity index (χ2n) is 23.1. The van der Waals surface area contributed by atoms with E-state index in [0.29, 0.717) is 25.7 Å². The van der Waals surface area contributed by atoms with Gasteiger partial charge >= 0.3 is 25.7 Å². The summed E-state index contributed by atoms with van der Waals surface area (Å²) in [7, 11) is -4.86. The molecule has 0 saturated carbocycles. The van der Waals surface area contributed by atoms with Crippen LogP contribution in [0.1, 0.15) is 234 Å². The van der Waals surface area contributed by atoms with E-state index >= 15 is 0 Å². The summed E-state index contributed by atoms with van der Waals surface area (Å²) in [5.41, 5.74) is 15.6. The normalized spacial score (nSPS) is 20.1. The topological polar surface area (TPSA) is 408 Å². The minimum Gasteiger partial charge on any atom is -0.480 e. The molecule has 502 valence electrons. The van der Waals surface area contributed by atoms with Crippen LogP contribution in [0.25, 0.3) is 0 Å². The maximum atomic E-state index is 14.5. The maximum absolute atomic E-state index is 14.5. The molecule has 1 aliphatic heterocycles. The summed E-state index contributed by atoms with van der Waals surface area (Å²) in [6.45, 7) is 6.39. The first kappa shape index (κ1) is 80.1. The van der Waals surface area contributed by atoms with Gasteiger partial charge in [-0.1, -0.05) is 168 Å². The van der Waals surface area contributed by atoms with Crippen molar-refractivity contribution in [3.05, 3.63) is 0 Å². The number of nitrogens with zero attached hydrogens (tertiary/aromatic N) is 1. The van der Waals surface area contributed by atoms with E-state index < -0.39 is 155 Å². The highest BCUT2D eigenvalue weighted by Crippen LogP contribution is 2.48. The van der Waals surface area contributed by atoms with Gasteiger partial charge in [0.15, 0.2) is 18.5 Å². The Morgan fingerprint density at radius 3 is 1.60 bits per heavy atom. The van der Waals surface area contributed by atoms with Crippen LogP contribution in [-0.4, -0.2) is 172 Å². The summed E-state index contributed by atoms with van der Waals surface area (Å²) in [6, 6.07) is -4.59. The molecule has 3 unspecified atom stereocenters. The number of aliphatic hydroxyl groups is 3. The Kier molecular flexibility index (Phi) is 43.0. The molecular weight excluding hydrogens is 1140 g/mol. The zero-order valence-electron chi connectivity index (χ0n) is 52.5. The molecule has 27 heteroatoms. The Hall–Kier alpha value is -3.92. The van der Waals surface area contributed by atoms with Gasteiger partial charge in [0, 0.05) is 39.3 Å². The van der Waals surface area contributed by atoms with Gasteiger partial charge in [0.25, 0.3) is 0 Å². The lowest BCUT2D eigenvalue weighted by Gasteiger charge is -2.43. The van der Waals surface area contributed by atoms with Gasteiger partial charge in [-0.25, -0.2) is 14.6 Å². The van der Waals surface area contributed by atoms with Crippen LogP contribution >= 0.6 is 7.82 Å². The van der Waals surface area contributed by atoms with Gasteiger partial charge in [0.05, 0.1) is 25.9 Å². The average Bonchev–Trinajstić information content (AvgIpc) is 1.89. The molecule has 26 nitrogen and oxygen atoms in total. The van der Waals surface area contributed by atoms with Crippen molar-refractivity contribution in [2.75, 3.05) is 32.9 Å². The lowest BCUT2D eigenvalue weighted by Crippen LogP contribution is -2.66. The number of primary amides is 1. The number of carboxylic acids is 1. The van der Waals surface area contributed by atoms with Crippen molar-refractivity contribution in [2.24, 2.45) is 17.2 Å². The van der Waals surface area contributed by atoms with Crippen LogP contribution in [0.15, 0.2) is 0 Å². The van der Waals surface area contributed by atoms with Crippen LogP contribution in [-0.2, 0) is 70.8 Å². The molecule has 0 radical (unpaired) electrons. The number of nitrogens with one attached hydrogen (secondary N) is 2. The number of aliphatic hydroxyl groups excluding tert-OH is 3. The number of carbonyl (C=O) groups is 7. The molecule has 0 bridgehead atoms. The summed E-state index contributed by atoms with van der Waals surface area (Å²) in [4.78, 5) is 94.4. The van der Waals surface area contributed by atoms with Crippen LogP contribution in [0.5, 0.6) is 0 Å². The number of phosphoric ester groups is 1. The van der Waals surface area contributed by atoms with Crippen LogP contribution in [0.2, 0.25) is 0 Å². The number of rotatable bonds is 53. The van der Waals surface area contributed by atoms with Crippen LogP contribution in [0, 0.1) is 0 Å². The minimum atomic E-state index is -4.86. The summed E-state index contributed by atoms with van der Waals surface area (Å²) in [5, 5.41) is 55.8. The van der Waals surface area contributed by atoms with E-state index in [-0.39, 0.29) is 19.4 Å². The number of aliphatic carboxylic acids is 1. The van der Waals surface area contributed by atoms with Crippen molar-refractivity contribution in [1.29, 1.82) is 0 Å². The molecule has 0 aromatic heterocycles. The molecule has 0 aromatic carbocycles. The Balaban J connectivity index is 3.45. The number of hydrogen-bond acceptors (Lipinski definition) is 21. The number of nitrogens with two attached hydrogens (primary N) is 3. The number of hydrogen-bond donors (Lipinski definition) is 10. The van der Waals surface area contributed by atoms with Crippen molar-refractivity contribution in [1.82, 2.24) is 15.5 Å². The Morgan fingerprint density at radius 2 is 1.19 bits per heavy atom. The van der Waals surface area contributed by atoms with E-state index in [1.165, 1.54) is 97.3 Å². The zero-order valence-corrected chi connectivity index (χ0v) is 53.4. The van der Waals surface area contributed by atoms with Gasteiger partial charge in [0.2, 0.25) is 23.6 Å². The highest BCUT2D eigenvalue weighted by Gasteiger charge is 2.50. The lowest BCUT2D eigenvalue weighted by molar-refractivity contribution is -0.268. The Labute approximate surface area is 510 Å². The smallest absolute Gasteiger partial charge is 0.480 e. The van der Waals surface area contributed by atoms with Crippen LogP contribution in [0.3, 0.4) is 0 Å². The van der Waals surface area contributed by atoms with E-state index in [9.17, 15) is 63.8 Å². The minimum absolute atomic E-state index is 0.137. The fourth-order valence-electron chi connectivity index (χ4n) is 10.2. The summed E-state index contributed by atoms with van der Waals surface area (Å²) in [6.07, 6.45) is 14.6. The second-order valence-corrected chi connectivity index (χ2v) is 24.6. The predicted octanol–water partition coefficient (Wildman–Crippen LogP) is 6.48. The molecule has 13 N–H and O–H groups in total. The number of unbranched alkanes of at least 4 members (excludes halogenated alkanes) is 24. The van der Waals surface area contributed by atoms with Crippen molar-refractivity contribution >= 4 is 49.4 Å². The van der Waals surface area contributed by atoms with Gasteiger partial charge in [-0.3, -0.25) is 37.8 Å². The molecule has 0 aliphatic carbocycles. The summed E-state index contributed by atoms with van der Waals surface area (Å²) < 4.78 is 50.8. The molecule has 1 heterocycles. The van der Waals surface area contributed by atoms with E-state index in [1.54, 1.807) is 0 Å². The lowest BCUT2D eigenvalue weighted by atomic mass is 9.89. The maximum Gasteiger partial charge on any atom is 0.502 e. The number of carbonyl (C=O) groups excluding carboxylic acids is 6. The van der Waals surface area contributed by atoms with E-state index in [2.05, 4.69) is 29.2 Å². The fourth-order valence-corrected chi connectivity index (χ4v) is 11.0. The fraction of sp³-hybridized carbons (Fsp3) is 0.881.